The van der Waals surface area contributed by atoms with Crippen molar-refractivity contribution in [3.63, 3.8) is 0 Å². The molecule has 2 rings (SSSR count). The Morgan fingerprint density at radius 1 is 1.44 bits per heavy atom. The lowest BCUT2D eigenvalue weighted by Crippen LogP contribution is -2.30. The molecule has 1 aromatic rings. The van der Waals surface area contributed by atoms with Crippen LogP contribution >= 0.6 is 0 Å². The number of carbonyl (C=O) groups is 2. The third-order valence-corrected chi connectivity index (χ3v) is 2.37. The molecule has 1 saturated heterocycles. The molecule has 6 heteroatoms. The molecule has 1 aliphatic rings. The Balaban J connectivity index is 2.23. The van der Waals surface area contributed by atoms with Gasteiger partial charge in [0.05, 0.1) is 13.1 Å². The number of nitrogens with zero attached hydrogens (tertiary/aromatic N) is 1. The minimum Gasteiger partial charge on any atom is -0.398 e. The van der Waals surface area contributed by atoms with Crippen LogP contribution in [-0.2, 0) is 11.3 Å². The fourth-order valence-corrected chi connectivity index (χ4v) is 1.50. The summed E-state index contributed by atoms with van der Waals surface area (Å²) in [6.07, 6.45) is 0. The third-order valence-electron chi connectivity index (χ3n) is 2.37. The van der Waals surface area contributed by atoms with Crippen LogP contribution in [0.5, 0.6) is 0 Å². The smallest absolute Gasteiger partial charge is 0.324 e. The maximum atomic E-state index is 13.0. The zero-order valence-electron chi connectivity index (χ0n) is 8.37. The maximum absolute atomic E-state index is 13.0. The largest absolute Gasteiger partial charge is 0.398 e. The van der Waals surface area contributed by atoms with Gasteiger partial charge in [-0.25, -0.2) is 9.18 Å². The molecule has 1 fully saturated rings. The lowest BCUT2D eigenvalue weighted by molar-refractivity contribution is -0.125. The van der Waals surface area contributed by atoms with Crippen molar-refractivity contribution in [2.24, 2.45) is 0 Å². The zero-order chi connectivity index (χ0) is 11.7. The van der Waals surface area contributed by atoms with Crippen molar-refractivity contribution in [1.29, 1.82) is 0 Å². The van der Waals surface area contributed by atoms with E-state index in [0.717, 1.165) is 4.90 Å². The van der Waals surface area contributed by atoms with E-state index in [-0.39, 0.29) is 19.0 Å². The molecule has 0 radical (unpaired) electrons. The van der Waals surface area contributed by atoms with Gasteiger partial charge in [0.2, 0.25) is 5.91 Å². The minimum atomic E-state index is -0.478. The van der Waals surface area contributed by atoms with Gasteiger partial charge in [-0.3, -0.25) is 9.69 Å². The Labute approximate surface area is 91.0 Å². The number of carbonyl (C=O) groups excluding carboxylic acids is 2. The summed E-state index contributed by atoms with van der Waals surface area (Å²) >= 11 is 0. The molecule has 3 amide bonds. The molecule has 0 spiro atoms. The number of urea groups is 1. The molecule has 5 nitrogen and oxygen atoms in total. The van der Waals surface area contributed by atoms with Crippen molar-refractivity contribution >= 4 is 17.6 Å². The van der Waals surface area contributed by atoms with E-state index in [4.69, 9.17) is 5.73 Å². The normalized spacial score (nSPS) is 15.4. The van der Waals surface area contributed by atoms with Gasteiger partial charge in [-0.05, 0) is 23.8 Å². The van der Waals surface area contributed by atoms with Crippen molar-refractivity contribution in [2.75, 3.05) is 12.3 Å². The van der Waals surface area contributed by atoms with Gasteiger partial charge in [0.1, 0.15) is 5.82 Å². The number of hydrogen-bond donors (Lipinski definition) is 2. The Bertz CT molecular complexity index is 445. The van der Waals surface area contributed by atoms with E-state index in [9.17, 15) is 14.0 Å². The van der Waals surface area contributed by atoms with Gasteiger partial charge < -0.3 is 11.1 Å². The molecule has 16 heavy (non-hydrogen) atoms. The summed E-state index contributed by atoms with van der Waals surface area (Å²) < 4.78 is 13.0. The first kappa shape index (κ1) is 10.4. The third kappa shape index (κ3) is 1.81. The number of imide groups is 1. The minimum absolute atomic E-state index is 0.00569. The van der Waals surface area contributed by atoms with Crippen LogP contribution < -0.4 is 11.1 Å². The highest BCUT2D eigenvalue weighted by atomic mass is 19.1. The molecule has 0 unspecified atom stereocenters. The molecule has 3 N–H and O–H groups in total. The van der Waals surface area contributed by atoms with Crippen LogP contribution in [0.25, 0.3) is 0 Å². The molecular weight excluding hydrogens is 213 g/mol. The first-order valence-corrected chi connectivity index (χ1v) is 4.70. The second-order valence-corrected chi connectivity index (χ2v) is 3.48. The average Bonchev–Trinajstić information content (AvgIpc) is 2.55. The predicted octanol–water partition coefficient (Wildman–Crippen LogP) is 0.460. The number of nitrogens with two attached hydrogens (primary N) is 1. The lowest BCUT2D eigenvalue weighted by atomic mass is 10.1. The van der Waals surface area contributed by atoms with Gasteiger partial charge in [-0.1, -0.05) is 0 Å². The van der Waals surface area contributed by atoms with E-state index in [1.165, 1.54) is 18.2 Å². The summed E-state index contributed by atoms with van der Waals surface area (Å²) in [6, 6.07) is 3.37. The highest BCUT2D eigenvalue weighted by Crippen LogP contribution is 2.17. The van der Waals surface area contributed by atoms with Crippen LogP contribution in [0.1, 0.15) is 5.56 Å². The van der Waals surface area contributed by atoms with Crippen LogP contribution in [0.15, 0.2) is 18.2 Å². The van der Waals surface area contributed by atoms with Crippen molar-refractivity contribution < 1.29 is 14.0 Å². The number of anilines is 1. The molecule has 0 atom stereocenters. The lowest BCUT2D eigenvalue weighted by Gasteiger charge is -2.13. The first-order chi connectivity index (χ1) is 7.58. The summed E-state index contributed by atoms with van der Waals surface area (Å²) in [7, 11) is 0. The standard InChI is InChI=1S/C10H10FN3O2/c11-7-1-2-8(12)6(3-7)5-14-9(15)4-13-10(14)16/h1-3H,4-5,12H2,(H,13,16). The summed E-state index contributed by atoms with van der Waals surface area (Å²) in [5, 5.41) is 2.38. The van der Waals surface area contributed by atoms with Gasteiger partial charge in [-0.15, -0.1) is 0 Å². The van der Waals surface area contributed by atoms with Gasteiger partial charge in [0, 0.05) is 5.69 Å². The second kappa shape index (κ2) is 3.80. The van der Waals surface area contributed by atoms with Crippen molar-refractivity contribution in [1.82, 2.24) is 10.2 Å². The number of nitrogen functional groups attached to an aromatic ring is 1. The van der Waals surface area contributed by atoms with Crippen LogP contribution in [0.4, 0.5) is 14.9 Å². The van der Waals surface area contributed by atoms with Crippen molar-refractivity contribution in [3.05, 3.63) is 29.6 Å². The topological polar surface area (TPSA) is 75.4 Å². The van der Waals surface area contributed by atoms with Gasteiger partial charge in [0.25, 0.3) is 0 Å². The number of hydrogen-bond acceptors (Lipinski definition) is 3. The highest BCUT2D eigenvalue weighted by molar-refractivity contribution is 6.01. The average molecular weight is 223 g/mol. The summed E-state index contributed by atoms with van der Waals surface area (Å²) in [6.45, 7) is -0.0255. The Morgan fingerprint density at radius 3 is 2.81 bits per heavy atom. The maximum Gasteiger partial charge on any atom is 0.324 e. The Kier molecular flexibility index (Phi) is 2.47. The predicted molar refractivity (Wildman–Crippen MR) is 54.8 cm³/mol. The van der Waals surface area contributed by atoms with Crippen molar-refractivity contribution in [2.45, 2.75) is 6.54 Å². The first-order valence-electron chi connectivity index (χ1n) is 4.70. The fourth-order valence-electron chi connectivity index (χ4n) is 1.50. The van der Waals surface area contributed by atoms with Gasteiger partial charge in [0.15, 0.2) is 0 Å². The van der Waals surface area contributed by atoms with E-state index >= 15 is 0 Å². The monoisotopic (exact) mass is 223 g/mol. The number of rotatable bonds is 2. The van der Waals surface area contributed by atoms with Crippen molar-refractivity contribution in [3.8, 4) is 0 Å². The van der Waals surface area contributed by atoms with Crippen LogP contribution in [0, 0.1) is 5.82 Å². The van der Waals surface area contributed by atoms with E-state index in [0.29, 0.717) is 11.3 Å². The van der Waals surface area contributed by atoms with Crippen LogP contribution in [0.2, 0.25) is 0 Å². The molecular formula is C10H10FN3O2. The summed E-state index contributed by atoms with van der Waals surface area (Å²) in [5.74, 6) is -0.787. The highest BCUT2D eigenvalue weighted by Gasteiger charge is 2.28. The molecule has 0 aliphatic carbocycles. The molecule has 1 heterocycles. The number of halogens is 1. The second-order valence-electron chi connectivity index (χ2n) is 3.48. The van der Waals surface area contributed by atoms with Crippen LogP contribution in [0.3, 0.4) is 0 Å². The number of amides is 3. The van der Waals surface area contributed by atoms with E-state index in [2.05, 4.69) is 5.32 Å². The fraction of sp³-hybridized carbons (Fsp3) is 0.200. The molecule has 1 aromatic carbocycles. The van der Waals surface area contributed by atoms with Gasteiger partial charge in [-0.2, -0.15) is 0 Å². The Morgan fingerprint density at radius 2 is 2.19 bits per heavy atom. The van der Waals surface area contributed by atoms with Crippen LogP contribution in [-0.4, -0.2) is 23.4 Å². The van der Waals surface area contributed by atoms with Gasteiger partial charge >= 0.3 is 6.03 Å². The molecule has 0 saturated carbocycles. The number of benzene rings is 1. The Hall–Kier alpha value is -2.11. The van der Waals surface area contributed by atoms with E-state index in [1.807, 2.05) is 0 Å². The molecule has 84 valence electrons. The quantitative estimate of drug-likeness (QED) is 0.565. The van der Waals surface area contributed by atoms with E-state index < -0.39 is 11.8 Å². The molecule has 1 aliphatic heterocycles. The molecule has 0 bridgehead atoms. The van der Waals surface area contributed by atoms with E-state index in [1.54, 1.807) is 0 Å². The molecule has 0 aromatic heterocycles. The summed E-state index contributed by atoms with van der Waals surface area (Å²) in [4.78, 5) is 23.5. The zero-order valence-corrected chi connectivity index (χ0v) is 8.37. The summed E-state index contributed by atoms with van der Waals surface area (Å²) in [5.41, 5.74) is 6.40. The SMILES string of the molecule is Nc1ccc(F)cc1CN1C(=O)CNC1=O. The number of nitrogens with one attached hydrogen (secondary N) is 1.